The van der Waals surface area contributed by atoms with Gasteiger partial charge in [-0.1, -0.05) is 12.6 Å². The van der Waals surface area contributed by atoms with Gasteiger partial charge in [-0.2, -0.15) is 0 Å². The molecule has 3 N–H and O–H groups in total. The van der Waals surface area contributed by atoms with Crippen LogP contribution in [0.3, 0.4) is 0 Å². The third-order valence-electron chi connectivity index (χ3n) is 1.64. The van der Waals surface area contributed by atoms with E-state index in [4.69, 9.17) is 10.8 Å². The van der Waals surface area contributed by atoms with Crippen LogP contribution >= 0.6 is 11.3 Å². The van der Waals surface area contributed by atoms with Crippen molar-refractivity contribution in [2.24, 2.45) is 10.7 Å². The van der Waals surface area contributed by atoms with Gasteiger partial charge >= 0.3 is 5.97 Å². The number of hydrogen-bond donors (Lipinski definition) is 2. The molecule has 4 nitrogen and oxygen atoms in total. The maximum Gasteiger partial charge on any atom is 0.354 e. The summed E-state index contributed by atoms with van der Waals surface area (Å²) in [4.78, 5) is 15.6. The molecule has 84 valence electrons. The fraction of sp³-hybridized carbons (Fsp3) is 0.0909. The van der Waals surface area contributed by atoms with E-state index in [9.17, 15) is 4.79 Å². The normalized spacial score (nSPS) is 12.6. The maximum absolute atomic E-state index is 10.9. The van der Waals surface area contributed by atoms with Gasteiger partial charge in [0.25, 0.3) is 0 Å². The molecule has 1 rings (SSSR count). The molecule has 0 saturated heterocycles. The quantitative estimate of drug-likeness (QED) is 0.786. The second-order valence-electron chi connectivity index (χ2n) is 3.11. The van der Waals surface area contributed by atoms with E-state index in [0.29, 0.717) is 11.4 Å². The lowest BCUT2D eigenvalue weighted by Crippen LogP contribution is -2.12. The van der Waals surface area contributed by atoms with Crippen LogP contribution in [-0.2, 0) is 4.79 Å². The van der Waals surface area contributed by atoms with Crippen LogP contribution in [0, 0.1) is 0 Å². The smallest absolute Gasteiger partial charge is 0.354 e. The van der Waals surface area contributed by atoms with Gasteiger partial charge in [-0.25, -0.2) is 9.79 Å². The molecule has 0 aliphatic carbocycles. The van der Waals surface area contributed by atoms with Crippen LogP contribution in [0.25, 0.3) is 5.70 Å². The summed E-state index contributed by atoms with van der Waals surface area (Å²) in [6.07, 6.45) is 1.31. The van der Waals surface area contributed by atoms with E-state index in [1.54, 1.807) is 6.92 Å². The Kier molecular flexibility index (Phi) is 4.02. The van der Waals surface area contributed by atoms with E-state index in [1.165, 1.54) is 17.4 Å². The molecule has 0 aromatic carbocycles. The topological polar surface area (TPSA) is 75.7 Å². The van der Waals surface area contributed by atoms with Crippen molar-refractivity contribution in [2.45, 2.75) is 6.92 Å². The van der Waals surface area contributed by atoms with Crippen LogP contribution in [-0.4, -0.2) is 16.8 Å². The van der Waals surface area contributed by atoms with E-state index in [-0.39, 0.29) is 5.71 Å². The lowest BCUT2D eigenvalue weighted by molar-refractivity contribution is -0.129. The van der Waals surface area contributed by atoms with Crippen LogP contribution in [0.2, 0.25) is 0 Å². The monoisotopic (exact) mass is 236 g/mol. The molecule has 0 amide bonds. The first kappa shape index (κ1) is 12.2. The summed E-state index contributed by atoms with van der Waals surface area (Å²) < 4.78 is 0. The number of rotatable bonds is 4. The molecule has 0 bridgehead atoms. The van der Waals surface area contributed by atoms with Crippen molar-refractivity contribution >= 4 is 28.7 Å². The fourth-order valence-electron chi connectivity index (χ4n) is 1.00. The number of nitrogens with zero attached hydrogens (tertiary/aromatic N) is 1. The molecular formula is C11H12N2O2S. The summed E-state index contributed by atoms with van der Waals surface area (Å²) in [6.45, 7) is 5.32. The number of hydrogen-bond acceptors (Lipinski definition) is 4. The van der Waals surface area contributed by atoms with Crippen LogP contribution in [0.1, 0.15) is 11.8 Å². The Morgan fingerprint density at radius 2 is 2.38 bits per heavy atom. The predicted octanol–water partition coefficient (Wildman–Crippen LogP) is 2.11. The van der Waals surface area contributed by atoms with Crippen molar-refractivity contribution < 1.29 is 9.90 Å². The third kappa shape index (κ3) is 3.36. The zero-order chi connectivity index (χ0) is 12.1. The molecule has 1 aromatic heterocycles. The predicted molar refractivity (Wildman–Crippen MR) is 66.4 cm³/mol. The highest BCUT2D eigenvalue weighted by Gasteiger charge is 2.08. The minimum absolute atomic E-state index is 0.113. The average Bonchev–Trinajstić information content (AvgIpc) is 2.68. The molecule has 0 atom stereocenters. The molecule has 0 aliphatic heterocycles. The lowest BCUT2D eigenvalue weighted by atomic mass is 10.3. The van der Waals surface area contributed by atoms with Gasteiger partial charge in [-0.15, -0.1) is 11.3 Å². The van der Waals surface area contributed by atoms with E-state index < -0.39 is 5.97 Å². The number of aliphatic carboxylic acids is 1. The van der Waals surface area contributed by atoms with Gasteiger partial charge in [0.15, 0.2) is 5.71 Å². The number of nitrogens with two attached hydrogens (primary N) is 1. The molecule has 0 aliphatic rings. The van der Waals surface area contributed by atoms with Crippen molar-refractivity contribution in [2.75, 3.05) is 0 Å². The summed E-state index contributed by atoms with van der Waals surface area (Å²) in [5.41, 5.74) is 6.11. The zero-order valence-corrected chi connectivity index (χ0v) is 9.62. The molecule has 1 heterocycles. The van der Waals surface area contributed by atoms with Gasteiger partial charge in [0, 0.05) is 5.70 Å². The summed E-state index contributed by atoms with van der Waals surface area (Å²) in [7, 11) is 0. The molecule has 0 unspecified atom stereocenters. The highest BCUT2D eigenvalue weighted by molar-refractivity contribution is 7.11. The highest BCUT2D eigenvalue weighted by Crippen LogP contribution is 2.19. The van der Waals surface area contributed by atoms with Gasteiger partial charge < -0.3 is 10.8 Å². The van der Waals surface area contributed by atoms with E-state index in [1.807, 2.05) is 17.5 Å². The minimum atomic E-state index is -1.12. The molecule has 0 spiro atoms. The minimum Gasteiger partial charge on any atom is -0.477 e. The molecular weight excluding hydrogens is 224 g/mol. The summed E-state index contributed by atoms with van der Waals surface area (Å²) in [6, 6.07) is 3.68. The molecule has 0 fully saturated rings. The number of carboxylic acid groups (broad SMARTS) is 1. The van der Waals surface area contributed by atoms with Crippen molar-refractivity contribution in [1.29, 1.82) is 0 Å². The Morgan fingerprint density at radius 3 is 2.81 bits per heavy atom. The summed E-state index contributed by atoms with van der Waals surface area (Å²) in [5.74, 6) is -1.12. The average molecular weight is 236 g/mol. The van der Waals surface area contributed by atoms with E-state index in [2.05, 4.69) is 11.6 Å². The number of thiophene rings is 1. The van der Waals surface area contributed by atoms with Gasteiger partial charge in [-0.05, 0) is 24.4 Å². The van der Waals surface area contributed by atoms with Gasteiger partial charge in [-0.3, -0.25) is 0 Å². The van der Waals surface area contributed by atoms with Crippen LogP contribution in [0.15, 0.2) is 40.9 Å². The maximum atomic E-state index is 10.9. The number of carboxylic acids is 1. The Balaban J connectivity index is 3.00. The first-order valence-corrected chi connectivity index (χ1v) is 5.37. The Hall–Kier alpha value is -1.88. The van der Waals surface area contributed by atoms with Crippen LogP contribution < -0.4 is 5.73 Å². The second kappa shape index (κ2) is 5.27. The zero-order valence-electron chi connectivity index (χ0n) is 8.80. The van der Waals surface area contributed by atoms with Crippen LogP contribution in [0.4, 0.5) is 0 Å². The second-order valence-corrected chi connectivity index (χ2v) is 4.06. The van der Waals surface area contributed by atoms with E-state index in [0.717, 1.165) is 4.88 Å². The lowest BCUT2D eigenvalue weighted by Gasteiger charge is -1.98. The fourth-order valence-corrected chi connectivity index (χ4v) is 1.64. The first-order chi connectivity index (χ1) is 7.50. The summed E-state index contributed by atoms with van der Waals surface area (Å²) >= 11 is 1.45. The number of allylic oxidation sites excluding steroid dienone is 1. The van der Waals surface area contributed by atoms with Crippen molar-refractivity contribution in [1.82, 2.24) is 0 Å². The Labute approximate surface area is 97.4 Å². The van der Waals surface area contributed by atoms with Crippen molar-refractivity contribution in [3.63, 3.8) is 0 Å². The van der Waals surface area contributed by atoms with Crippen LogP contribution in [0.5, 0.6) is 0 Å². The largest absolute Gasteiger partial charge is 0.477 e. The Bertz CT molecular complexity index is 454. The van der Waals surface area contributed by atoms with Gasteiger partial charge in [0.1, 0.15) is 0 Å². The number of carbonyl (C=O) groups is 1. The van der Waals surface area contributed by atoms with E-state index >= 15 is 0 Å². The molecule has 0 radical (unpaired) electrons. The Morgan fingerprint density at radius 1 is 1.69 bits per heavy atom. The first-order valence-electron chi connectivity index (χ1n) is 4.49. The number of aliphatic imine (C=N–C) groups is 1. The van der Waals surface area contributed by atoms with Crippen molar-refractivity contribution in [3.8, 4) is 0 Å². The standard InChI is InChI=1S/C11H12N2O2S/c1-7(12)6-9(11(14)15)13-8(2)10-4-3-5-16-10/h3-6H,2,12H2,1H3,(H,14,15)/b7-6-,13-9+. The van der Waals surface area contributed by atoms with Gasteiger partial charge in [0.05, 0.1) is 10.6 Å². The highest BCUT2D eigenvalue weighted by atomic mass is 32.1. The molecule has 1 aromatic rings. The summed E-state index contributed by atoms with van der Waals surface area (Å²) in [5, 5.41) is 10.8. The van der Waals surface area contributed by atoms with Gasteiger partial charge in [0.2, 0.25) is 0 Å². The molecule has 0 saturated carbocycles. The SMILES string of the molecule is C=C(/N=C(\C=C(\C)N)C(=O)O)c1cccs1. The van der Waals surface area contributed by atoms with Crippen molar-refractivity contribution in [3.05, 3.63) is 40.7 Å². The molecule has 5 heteroatoms. The third-order valence-corrected chi connectivity index (χ3v) is 2.56. The molecule has 16 heavy (non-hydrogen) atoms.